The second kappa shape index (κ2) is 10.6. The highest BCUT2D eigenvalue weighted by Crippen LogP contribution is 2.31. The van der Waals surface area contributed by atoms with Crippen molar-refractivity contribution in [1.29, 1.82) is 0 Å². The van der Waals surface area contributed by atoms with Crippen molar-refractivity contribution < 1.29 is 31.2 Å². The van der Waals surface area contributed by atoms with E-state index in [1.165, 1.54) is 6.92 Å². The highest BCUT2D eigenvalue weighted by atomic mass is 32.2. The Kier molecular flexibility index (Phi) is 7.98. The summed E-state index contributed by atoms with van der Waals surface area (Å²) in [5, 5.41) is 5.50. The summed E-state index contributed by atoms with van der Waals surface area (Å²) < 4.78 is 65.8. The molecule has 0 aliphatic carbocycles. The summed E-state index contributed by atoms with van der Waals surface area (Å²) in [6, 6.07) is 11.7. The summed E-state index contributed by atoms with van der Waals surface area (Å²) in [7, 11) is -4.11. The lowest BCUT2D eigenvalue weighted by molar-refractivity contribution is -0.137. The first-order valence-electron chi connectivity index (χ1n) is 10.8. The Morgan fingerprint density at radius 3 is 2.29 bits per heavy atom. The maximum Gasteiger partial charge on any atom is 0.416 e. The number of carbonyl (C=O) groups is 2. The quantitative estimate of drug-likeness (QED) is 0.615. The van der Waals surface area contributed by atoms with Crippen LogP contribution in [0.25, 0.3) is 0 Å². The summed E-state index contributed by atoms with van der Waals surface area (Å²) in [6.07, 6.45) is -3.76. The molecule has 1 aliphatic heterocycles. The Hall–Kier alpha value is -2.92. The smallest absolute Gasteiger partial charge is 0.351 e. The Balaban J connectivity index is 1.62. The number of carbonyl (C=O) groups excluding carboxylic acids is 2. The molecule has 1 atom stereocenters. The van der Waals surface area contributed by atoms with Gasteiger partial charge in [0.15, 0.2) is 0 Å². The number of sulfonamides is 1. The topological polar surface area (TPSA) is 95.6 Å². The van der Waals surface area contributed by atoms with Crippen LogP contribution < -0.4 is 10.6 Å². The third-order valence-corrected chi connectivity index (χ3v) is 7.47. The van der Waals surface area contributed by atoms with Gasteiger partial charge in [-0.15, -0.1) is 0 Å². The number of alkyl halides is 3. The van der Waals surface area contributed by atoms with Crippen LogP contribution in [0.1, 0.15) is 30.9 Å². The molecule has 2 N–H and O–H groups in total. The molecule has 1 saturated heterocycles. The van der Waals surface area contributed by atoms with Crippen molar-refractivity contribution in [2.75, 3.05) is 13.1 Å². The van der Waals surface area contributed by atoms with E-state index in [0.29, 0.717) is 25.3 Å². The SMILES string of the molecule is CC(=O)N[C@@H](Cc1ccccc1)C(=O)NC1CCN(S(=O)(=O)c2cccc(C(F)(F)F)c2)CC1. The van der Waals surface area contributed by atoms with E-state index in [0.717, 1.165) is 28.1 Å². The third kappa shape index (κ3) is 6.57. The van der Waals surface area contributed by atoms with Gasteiger partial charge in [0.05, 0.1) is 10.5 Å². The monoisotopic (exact) mass is 497 g/mol. The van der Waals surface area contributed by atoms with Crippen LogP contribution in [0.4, 0.5) is 13.2 Å². The van der Waals surface area contributed by atoms with Gasteiger partial charge in [-0.2, -0.15) is 17.5 Å². The van der Waals surface area contributed by atoms with Crippen LogP contribution in [0, 0.1) is 0 Å². The Morgan fingerprint density at radius 2 is 1.71 bits per heavy atom. The average molecular weight is 498 g/mol. The van der Waals surface area contributed by atoms with Crippen LogP contribution in [-0.4, -0.2) is 49.7 Å². The number of benzene rings is 2. The number of amides is 2. The van der Waals surface area contributed by atoms with Crippen molar-refractivity contribution in [1.82, 2.24) is 14.9 Å². The normalized spacial score (nSPS) is 16.6. The van der Waals surface area contributed by atoms with Crippen LogP contribution in [0.15, 0.2) is 59.5 Å². The van der Waals surface area contributed by atoms with Crippen LogP contribution in [-0.2, 0) is 32.2 Å². The largest absolute Gasteiger partial charge is 0.416 e. The zero-order chi connectivity index (χ0) is 24.9. The molecule has 0 radical (unpaired) electrons. The Morgan fingerprint density at radius 1 is 1.06 bits per heavy atom. The molecule has 1 aliphatic rings. The number of nitrogens with one attached hydrogen (secondary N) is 2. The van der Waals surface area contributed by atoms with Gasteiger partial charge in [-0.25, -0.2) is 8.42 Å². The van der Waals surface area contributed by atoms with Crippen molar-refractivity contribution in [2.45, 2.75) is 49.3 Å². The first-order chi connectivity index (χ1) is 16.0. The molecule has 0 saturated carbocycles. The summed E-state index contributed by atoms with van der Waals surface area (Å²) in [6.45, 7) is 1.42. The lowest BCUT2D eigenvalue weighted by Gasteiger charge is -2.32. The molecule has 2 aromatic rings. The van der Waals surface area contributed by atoms with Gasteiger partial charge in [-0.05, 0) is 36.6 Å². The molecule has 1 heterocycles. The van der Waals surface area contributed by atoms with Gasteiger partial charge < -0.3 is 10.6 Å². The molecule has 184 valence electrons. The minimum Gasteiger partial charge on any atom is -0.351 e. The first kappa shape index (κ1) is 25.7. The van der Waals surface area contributed by atoms with Gasteiger partial charge >= 0.3 is 6.18 Å². The number of piperidine rings is 1. The van der Waals surface area contributed by atoms with Crippen LogP contribution in [0.2, 0.25) is 0 Å². The molecule has 0 bridgehead atoms. The van der Waals surface area contributed by atoms with Gasteiger partial charge in [-0.3, -0.25) is 9.59 Å². The molecular weight excluding hydrogens is 471 g/mol. The fourth-order valence-corrected chi connectivity index (χ4v) is 5.34. The van der Waals surface area contributed by atoms with Crippen LogP contribution >= 0.6 is 0 Å². The molecule has 34 heavy (non-hydrogen) atoms. The van der Waals surface area contributed by atoms with Gasteiger partial charge in [-0.1, -0.05) is 36.4 Å². The van der Waals surface area contributed by atoms with E-state index in [1.807, 2.05) is 30.3 Å². The predicted molar refractivity (Wildman–Crippen MR) is 119 cm³/mol. The molecule has 3 rings (SSSR count). The standard InChI is InChI=1S/C23H26F3N3O4S/c1-16(30)27-21(14-17-6-3-2-4-7-17)22(31)28-19-10-12-29(13-11-19)34(32,33)20-9-5-8-18(15-20)23(24,25)26/h2-9,15,19,21H,10-14H2,1H3,(H,27,30)(H,28,31)/t21-/m0/s1. The lowest BCUT2D eigenvalue weighted by atomic mass is 10.0. The van der Waals surface area contributed by atoms with E-state index in [1.54, 1.807) is 0 Å². The lowest BCUT2D eigenvalue weighted by Crippen LogP contribution is -2.53. The summed E-state index contributed by atoms with van der Waals surface area (Å²) in [5.74, 6) is -0.726. The average Bonchev–Trinajstić information content (AvgIpc) is 2.79. The molecule has 11 heteroatoms. The zero-order valence-corrected chi connectivity index (χ0v) is 19.3. The van der Waals surface area contributed by atoms with E-state index in [9.17, 15) is 31.2 Å². The minimum absolute atomic E-state index is 0.0486. The van der Waals surface area contributed by atoms with Gasteiger partial charge in [0.2, 0.25) is 21.8 Å². The number of rotatable bonds is 7. The maximum atomic E-state index is 13.0. The molecule has 2 aromatic carbocycles. The maximum absolute atomic E-state index is 13.0. The molecule has 0 aromatic heterocycles. The fraction of sp³-hybridized carbons (Fsp3) is 0.391. The summed E-state index contributed by atoms with van der Waals surface area (Å²) in [4.78, 5) is 24.0. The van der Waals surface area contributed by atoms with E-state index in [4.69, 9.17) is 0 Å². The predicted octanol–water partition coefficient (Wildman–Crippen LogP) is 2.72. The van der Waals surface area contributed by atoms with Crippen molar-refractivity contribution in [3.05, 3.63) is 65.7 Å². The second-order valence-electron chi connectivity index (χ2n) is 8.16. The van der Waals surface area contributed by atoms with Crippen molar-refractivity contribution in [3.8, 4) is 0 Å². The van der Waals surface area contributed by atoms with Gasteiger partial charge in [0, 0.05) is 32.5 Å². The first-order valence-corrected chi connectivity index (χ1v) is 12.2. The number of hydrogen-bond acceptors (Lipinski definition) is 4. The number of nitrogens with zero attached hydrogens (tertiary/aromatic N) is 1. The summed E-state index contributed by atoms with van der Waals surface area (Å²) >= 11 is 0. The molecule has 2 amide bonds. The molecular formula is C23H26F3N3O4S. The van der Waals surface area contributed by atoms with Crippen LogP contribution in [0.5, 0.6) is 0 Å². The second-order valence-corrected chi connectivity index (χ2v) is 10.1. The highest BCUT2D eigenvalue weighted by Gasteiger charge is 2.34. The van der Waals surface area contributed by atoms with Crippen molar-refractivity contribution >= 4 is 21.8 Å². The molecule has 0 spiro atoms. The molecule has 0 unspecified atom stereocenters. The van der Waals surface area contributed by atoms with Gasteiger partial charge in [0.25, 0.3) is 0 Å². The summed E-state index contributed by atoms with van der Waals surface area (Å²) in [5.41, 5.74) is -0.156. The van der Waals surface area contributed by atoms with Crippen molar-refractivity contribution in [3.63, 3.8) is 0 Å². The Bertz CT molecular complexity index is 1120. The zero-order valence-electron chi connectivity index (χ0n) is 18.5. The van der Waals surface area contributed by atoms with Crippen molar-refractivity contribution in [2.24, 2.45) is 0 Å². The van der Waals surface area contributed by atoms with E-state index in [2.05, 4.69) is 10.6 Å². The van der Waals surface area contributed by atoms with E-state index < -0.39 is 32.7 Å². The van der Waals surface area contributed by atoms with E-state index in [-0.39, 0.29) is 30.9 Å². The number of hydrogen-bond donors (Lipinski definition) is 2. The Labute approximate surface area is 196 Å². The van der Waals surface area contributed by atoms with E-state index >= 15 is 0 Å². The van der Waals surface area contributed by atoms with Crippen LogP contribution in [0.3, 0.4) is 0 Å². The third-order valence-electron chi connectivity index (χ3n) is 5.58. The molecule has 7 nitrogen and oxygen atoms in total. The molecule has 1 fully saturated rings. The van der Waals surface area contributed by atoms with Gasteiger partial charge in [0.1, 0.15) is 6.04 Å². The fourth-order valence-electron chi connectivity index (χ4n) is 3.83. The minimum atomic E-state index is -4.65. The number of halogens is 3. The highest BCUT2D eigenvalue weighted by molar-refractivity contribution is 7.89.